The Morgan fingerprint density at radius 1 is 0.758 bits per heavy atom. The Kier molecular flexibility index (Phi) is 19.9. The maximum atomic E-state index is 14.1. The second-order valence-electron chi connectivity index (χ2n) is 20.3. The summed E-state index contributed by atoms with van der Waals surface area (Å²) in [5, 5.41) is 13.4. The first-order chi connectivity index (χ1) is 30.6. The molecule has 0 heterocycles. The highest BCUT2D eigenvalue weighted by Gasteiger charge is 2.59. The van der Waals surface area contributed by atoms with Crippen LogP contribution in [0.15, 0.2) is 82.6 Å². The number of rotatable bonds is 25. The van der Waals surface area contributed by atoms with Crippen molar-refractivity contribution in [2.45, 2.75) is 143 Å². The van der Waals surface area contributed by atoms with Gasteiger partial charge in [-0.25, -0.2) is 8.42 Å². The zero-order valence-electron chi connectivity index (χ0n) is 41.6. The Morgan fingerprint density at radius 2 is 1.32 bits per heavy atom. The minimum absolute atomic E-state index is 0.0174. The highest BCUT2D eigenvalue weighted by Crippen LogP contribution is 2.57. The Labute approximate surface area is 399 Å². The number of Topliss-reactive ketones (excluding diaryl/α,β-unsaturated/α-hetero) is 1. The van der Waals surface area contributed by atoms with Crippen molar-refractivity contribution in [3.63, 3.8) is 0 Å². The summed E-state index contributed by atoms with van der Waals surface area (Å²) in [5.41, 5.74) is -1.52. The normalized spacial score (nSPS) is 14.6. The van der Waals surface area contributed by atoms with E-state index >= 15 is 0 Å². The number of amides is 1. The van der Waals surface area contributed by atoms with Crippen LogP contribution < -0.4 is 5.32 Å². The zero-order chi connectivity index (χ0) is 49.7. The van der Waals surface area contributed by atoms with Gasteiger partial charge in [-0.3, -0.25) is 19.2 Å². The molecule has 0 bridgehead atoms. The van der Waals surface area contributed by atoms with E-state index in [1.165, 1.54) is 11.8 Å². The Bertz CT molecular complexity index is 2260. The van der Waals surface area contributed by atoms with Gasteiger partial charge in [0.2, 0.25) is 0 Å². The minimum Gasteiger partial charge on any atom is -0.466 e. The predicted molar refractivity (Wildman–Crippen MR) is 262 cm³/mol. The fourth-order valence-corrected chi connectivity index (χ4v) is 10.3. The van der Waals surface area contributed by atoms with Gasteiger partial charge >= 0.3 is 11.9 Å². The topological polar surface area (TPSA) is 166 Å². The monoisotopic (exact) mass is 946 g/mol. The third-order valence-corrected chi connectivity index (χ3v) is 16.1. The predicted octanol–water partition coefficient (Wildman–Crippen LogP) is 10.9. The van der Waals surface area contributed by atoms with Crippen LogP contribution >= 0.6 is 11.8 Å². The van der Waals surface area contributed by atoms with Crippen molar-refractivity contribution in [3.8, 4) is 6.07 Å². The van der Waals surface area contributed by atoms with Crippen LogP contribution in [0, 0.1) is 53.3 Å². The fourth-order valence-electron chi connectivity index (χ4n) is 7.61. The van der Waals surface area contributed by atoms with E-state index in [2.05, 4.69) is 11.4 Å². The van der Waals surface area contributed by atoms with Gasteiger partial charge in [0.15, 0.2) is 15.6 Å². The van der Waals surface area contributed by atoms with Crippen molar-refractivity contribution < 1.29 is 41.8 Å². The molecule has 362 valence electrons. The van der Waals surface area contributed by atoms with Crippen molar-refractivity contribution in [3.05, 3.63) is 95.1 Å². The number of ether oxygens (including phenoxy) is 3. The van der Waals surface area contributed by atoms with Gasteiger partial charge in [0.25, 0.3) is 5.91 Å². The van der Waals surface area contributed by atoms with Crippen LogP contribution in [-0.2, 0) is 33.6 Å². The Morgan fingerprint density at radius 3 is 1.86 bits per heavy atom. The number of nitrogens with one attached hydrogen (secondary N) is 1. The summed E-state index contributed by atoms with van der Waals surface area (Å²) < 4.78 is 44.5. The molecule has 0 spiro atoms. The molecule has 0 saturated heterocycles. The van der Waals surface area contributed by atoms with E-state index in [4.69, 9.17) is 14.2 Å². The number of ketones is 1. The number of hydrogen-bond acceptors (Lipinski definition) is 11. The first-order valence-corrected chi connectivity index (χ1v) is 25.6. The molecule has 1 N–H and O–H groups in total. The molecule has 3 atom stereocenters. The third kappa shape index (κ3) is 15.5. The molecule has 0 aromatic heterocycles. The molecule has 3 rings (SSSR count). The molecule has 13 heteroatoms. The number of sulfone groups is 1. The highest BCUT2D eigenvalue weighted by molar-refractivity contribution is 7.99. The average Bonchev–Trinajstić information content (AvgIpc) is 3.24. The minimum atomic E-state index is -3.77. The van der Waals surface area contributed by atoms with E-state index < -0.39 is 49.5 Å². The van der Waals surface area contributed by atoms with E-state index in [1.54, 1.807) is 55.5 Å². The highest BCUT2D eigenvalue weighted by atomic mass is 32.2. The summed E-state index contributed by atoms with van der Waals surface area (Å²) in [6.45, 7) is 25.7. The lowest BCUT2D eigenvalue weighted by molar-refractivity contribution is -0.189. The molecule has 0 saturated carbocycles. The lowest BCUT2D eigenvalue weighted by atomic mass is 9.49. The van der Waals surface area contributed by atoms with Crippen molar-refractivity contribution in [2.75, 3.05) is 31.3 Å². The van der Waals surface area contributed by atoms with E-state index in [0.717, 1.165) is 16.0 Å². The van der Waals surface area contributed by atoms with E-state index in [-0.39, 0.29) is 59.1 Å². The summed E-state index contributed by atoms with van der Waals surface area (Å²) in [5.74, 6) is -2.64. The number of carbonyl (C=O) groups is 4. The molecule has 1 amide bonds. The Hall–Kier alpha value is -4.51. The standard InChI is InChI=1S/C53H74N2O9S2/c1-37(2)53(13,48(59)64-50(8,9)30-33-63-49(5,6)7)51(10,11)52(12,36-54)29-28-45(56)62-32-15-14-31-55-47(58)41-22-20-40(21-23-41)46(57)42(34-65-43-24-16-38(3)17-25-43)35-66(60,61)44-26-18-39(4)19-27-44/h16-27,37,42H,14-15,28-35H2,1-13H3,(H,55,58). The fraction of sp³-hybridized carbons (Fsp3) is 0.566. The van der Waals surface area contributed by atoms with Crippen molar-refractivity contribution in [2.24, 2.45) is 28.1 Å². The number of aryl methyl sites for hydroxylation is 2. The Balaban J connectivity index is 1.53. The number of unbranched alkanes of at least 4 members (excludes halogenated alkanes) is 1. The number of thioether (sulfide) groups is 1. The molecule has 0 fully saturated rings. The molecule has 3 unspecified atom stereocenters. The first kappa shape index (κ1) is 55.8. The van der Waals surface area contributed by atoms with Gasteiger partial charge in [-0.15, -0.1) is 11.8 Å². The van der Waals surface area contributed by atoms with Crippen LogP contribution in [0.3, 0.4) is 0 Å². The molecule has 3 aromatic carbocycles. The summed E-state index contributed by atoms with van der Waals surface area (Å²) in [7, 11) is -3.77. The summed E-state index contributed by atoms with van der Waals surface area (Å²) >= 11 is 1.43. The number of esters is 2. The SMILES string of the molecule is Cc1ccc(SCC(CS(=O)(=O)c2ccc(C)cc2)C(=O)c2ccc(C(=O)NCCCCOC(=O)CCC(C)(C#N)C(C)(C)C(C)(C(=O)OC(C)(C)CCOC(C)(C)C)C(C)C)cc2)cc1. The maximum Gasteiger partial charge on any atom is 0.313 e. The maximum absolute atomic E-state index is 14.1. The molecule has 66 heavy (non-hydrogen) atoms. The summed E-state index contributed by atoms with van der Waals surface area (Å²) in [6.07, 6.45) is 1.67. The van der Waals surface area contributed by atoms with Gasteiger partial charge in [0.1, 0.15) is 5.60 Å². The van der Waals surface area contributed by atoms with Gasteiger partial charge in [-0.05, 0) is 129 Å². The summed E-state index contributed by atoms with van der Waals surface area (Å²) in [4.78, 5) is 55.0. The summed E-state index contributed by atoms with van der Waals surface area (Å²) in [6, 6.07) is 23.1. The van der Waals surface area contributed by atoms with Crippen LogP contribution in [0.2, 0.25) is 0 Å². The molecule has 0 radical (unpaired) electrons. The number of nitriles is 1. The van der Waals surface area contributed by atoms with Crippen LogP contribution in [-0.4, -0.2) is 74.5 Å². The number of nitrogens with zero attached hydrogens (tertiary/aromatic N) is 1. The van der Waals surface area contributed by atoms with Crippen LogP contribution in [0.4, 0.5) is 0 Å². The smallest absolute Gasteiger partial charge is 0.313 e. The molecule has 3 aromatic rings. The lowest BCUT2D eigenvalue weighted by Gasteiger charge is -2.53. The van der Waals surface area contributed by atoms with Gasteiger partial charge < -0.3 is 19.5 Å². The number of benzene rings is 3. The quantitative estimate of drug-likeness (QED) is 0.0372. The van der Waals surface area contributed by atoms with Gasteiger partial charge in [0.05, 0.1) is 46.4 Å². The second kappa shape index (κ2) is 23.5. The van der Waals surface area contributed by atoms with Crippen molar-refractivity contribution >= 4 is 45.2 Å². The van der Waals surface area contributed by atoms with Crippen LogP contribution in [0.1, 0.15) is 140 Å². The van der Waals surface area contributed by atoms with Gasteiger partial charge in [-0.1, -0.05) is 75.2 Å². The molecular weight excluding hydrogens is 873 g/mol. The first-order valence-electron chi connectivity index (χ1n) is 22.9. The molecular formula is C53H74N2O9S2. The van der Waals surface area contributed by atoms with Crippen LogP contribution in [0.5, 0.6) is 0 Å². The average molecular weight is 947 g/mol. The number of hydrogen-bond donors (Lipinski definition) is 1. The van der Waals surface area contributed by atoms with Crippen molar-refractivity contribution in [1.82, 2.24) is 5.32 Å². The largest absolute Gasteiger partial charge is 0.466 e. The van der Waals surface area contributed by atoms with Crippen LogP contribution in [0.25, 0.3) is 0 Å². The molecule has 0 aliphatic carbocycles. The molecule has 0 aliphatic rings. The lowest BCUT2D eigenvalue weighted by Crippen LogP contribution is -2.55. The van der Waals surface area contributed by atoms with Gasteiger partial charge in [-0.2, -0.15) is 5.26 Å². The molecule has 11 nitrogen and oxygen atoms in total. The second-order valence-corrected chi connectivity index (χ2v) is 23.5. The van der Waals surface area contributed by atoms with Gasteiger partial charge in [0, 0.05) is 47.1 Å². The van der Waals surface area contributed by atoms with E-state index in [0.29, 0.717) is 43.5 Å². The number of carbonyl (C=O) groups excluding carboxylic acids is 4. The third-order valence-electron chi connectivity index (χ3n) is 13.1. The van der Waals surface area contributed by atoms with E-state index in [9.17, 15) is 32.9 Å². The van der Waals surface area contributed by atoms with E-state index in [1.807, 2.05) is 107 Å². The van der Waals surface area contributed by atoms with Crippen molar-refractivity contribution in [1.29, 1.82) is 5.26 Å². The molecule has 0 aliphatic heterocycles. The zero-order valence-corrected chi connectivity index (χ0v) is 43.2.